The van der Waals surface area contributed by atoms with E-state index in [-0.39, 0.29) is 13.5 Å². The number of hydrogen-bond donors (Lipinski definition) is 0. The molecule has 0 atom stereocenters. The van der Waals surface area contributed by atoms with Crippen molar-refractivity contribution in [3.05, 3.63) is 0 Å². The van der Waals surface area contributed by atoms with E-state index in [9.17, 15) is 0 Å². The van der Waals surface area contributed by atoms with E-state index in [1.807, 2.05) is 0 Å². The van der Waals surface area contributed by atoms with Gasteiger partial charge in [-0.05, 0) is 0 Å². The van der Waals surface area contributed by atoms with Gasteiger partial charge in [-0.2, -0.15) is 13.5 Å². The van der Waals surface area contributed by atoms with Crippen molar-refractivity contribution < 1.29 is 8.46 Å². The van der Waals surface area contributed by atoms with Gasteiger partial charge in [0.15, 0.2) is 0 Å². The maximum atomic E-state index is 2.18. The van der Waals surface area contributed by atoms with Crippen molar-refractivity contribution in [3.8, 4) is 0 Å². The second kappa shape index (κ2) is 9.01. The van der Waals surface area contributed by atoms with Gasteiger partial charge in [0.25, 0.3) is 0 Å². The summed E-state index contributed by atoms with van der Waals surface area (Å²) in [7, 11) is 1.75. The molecule has 0 aliphatic carbocycles. The molecule has 0 saturated carbocycles. The molecule has 0 aliphatic rings. The van der Waals surface area contributed by atoms with Crippen molar-refractivity contribution in [2.45, 2.75) is 0 Å². The fraction of sp³-hybridized carbons (Fsp3) is 0. The zero-order chi connectivity index (χ0) is 2.71. The Balaban J connectivity index is 0. The van der Waals surface area contributed by atoms with Crippen LogP contribution >= 0.6 is 54.2 Å². The molecule has 0 aromatic rings. The Labute approximate surface area is 61.6 Å². The molecule has 33 valence electrons. The Kier molecular flexibility index (Phi) is 21.6. The van der Waals surface area contributed by atoms with E-state index in [0.29, 0.717) is 0 Å². The predicted molar refractivity (Wildman–Crippen MR) is 38.4 cm³/mol. The molecular formula is H2CuI2S. The molecule has 0 spiro atoms. The molecule has 0 rings (SSSR count). The monoisotopic (exact) mass is 351 g/mol. The van der Waals surface area contributed by atoms with Crippen molar-refractivity contribution in [3.63, 3.8) is 0 Å². The van der Waals surface area contributed by atoms with E-state index in [2.05, 4.69) is 40.7 Å². The van der Waals surface area contributed by atoms with Gasteiger partial charge in [0, 0.05) is 0 Å². The quantitative estimate of drug-likeness (QED) is 0.462. The van der Waals surface area contributed by atoms with E-state index in [1.165, 1.54) is 0 Å². The molecule has 4 heavy (non-hydrogen) atoms. The Hall–Kier alpha value is 2.33. The van der Waals surface area contributed by atoms with Crippen molar-refractivity contribution in [1.29, 1.82) is 0 Å². The minimum absolute atomic E-state index is 0. The number of halogens is 2. The Morgan fingerprint density at radius 3 is 1.25 bits per heavy atom. The normalized spacial score (nSPS) is 5.50. The van der Waals surface area contributed by atoms with Gasteiger partial charge in [-0.25, -0.2) is 0 Å². The molecule has 0 nitrogen and oxygen atoms in total. The fourth-order valence-corrected chi connectivity index (χ4v) is 0. The zero-order valence-electron chi connectivity index (χ0n) is 1.56. The third-order valence-electron chi connectivity index (χ3n) is 0. The second-order valence-electron chi connectivity index (χ2n) is 0.0431. The average Bonchev–Trinajstić information content (AvgIpc) is 0.918. The summed E-state index contributed by atoms with van der Waals surface area (Å²) in [6.45, 7) is 0. The molecule has 0 saturated heterocycles. The molecule has 0 N–H and O–H groups in total. The zero-order valence-corrected chi connectivity index (χ0v) is 7.81. The summed E-state index contributed by atoms with van der Waals surface area (Å²) in [5, 5.41) is 0. The summed E-state index contributed by atoms with van der Waals surface area (Å²) in [5.41, 5.74) is 0. The third-order valence-corrected chi connectivity index (χ3v) is 0. The van der Waals surface area contributed by atoms with Crippen molar-refractivity contribution in [2.24, 2.45) is 0 Å². The first kappa shape index (κ1) is 9.59. The molecule has 0 bridgehead atoms. The van der Waals surface area contributed by atoms with Crippen molar-refractivity contribution >= 4 is 54.2 Å². The SMILES string of the molecule is S.[I][Cu][I]. The van der Waals surface area contributed by atoms with Crippen LogP contribution < -0.4 is 0 Å². The van der Waals surface area contributed by atoms with Crippen LogP contribution in [0.2, 0.25) is 0 Å². The molecular weight excluding hydrogens is 349 g/mol. The standard InChI is InChI=1S/Cu.2HI.H2S/h;2*1H;1H2/q+2;;;/p-2. The van der Waals surface area contributed by atoms with Crippen LogP contribution in [0.25, 0.3) is 0 Å². The predicted octanol–water partition coefficient (Wildman–Crippen LogP) is 1.88. The van der Waals surface area contributed by atoms with Gasteiger partial charge in [-0.1, -0.05) is 0 Å². The minimum atomic E-state index is 0. The molecule has 0 aromatic carbocycles. The first-order chi connectivity index (χ1) is 1.41. The van der Waals surface area contributed by atoms with Gasteiger partial charge in [-0.3, -0.25) is 0 Å². The van der Waals surface area contributed by atoms with Crippen molar-refractivity contribution in [2.75, 3.05) is 0 Å². The van der Waals surface area contributed by atoms with Gasteiger partial charge >= 0.3 is 49.1 Å². The van der Waals surface area contributed by atoms with Crippen LogP contribution in [0.4, 0.5) is 0 Å². The summed E-state index contributed by atoms with van der Waals surface area (Å²) < 4.78 is 0. The molecule has 0 heterocycles. The van der Waals surface area contributed by atoms with Crippen LogP contribution in [-0.4, -0.2) is 0 Å². The summed E-state index contributed by atoms with van der Waals surface area (Å²) in [4.78, 5) is 0. The number of rotatable bonds is 0. The van der Waals surface area contributed by atoms with Crippen LogP contribution in [0.5, 0.6) is 0 Å². The second-order valence-corrected chi connectivity index (χ2v) is 7.99. The van der Waals surface area contributed by atoms with Gasteiger partial charge < -0.3 is 0 Å². The van der Waals surface area contributed by atoms with E-state index in [0.717, 1.165) is 0 Å². The summed E-state index contributed by atoms with van der Waals surface area (Å²) in [6, 6.07) is 0. The number of hydrogen-bond acceptors (Lipinski definition) is 0. The van der Waals surface area contributed by atoms with E-state index >= 15 is 0 Å². The molecule has 0 radical (unpaired) electrons. The Morgan fingerprint density at radius 2 is 1.25 bits per heavy atom. The Bertz CT molecular complexity index is 6.00. The topological polar surface area (TPSA) is 0 Å². The average molecular weight is 351 g/mol. The van der Waals surface area contributed by atoms with Crippen LogP contribution in [-0.2, 0) is 8.46 Å². The van der Waals surface area contributed by atoms with Gasteiger partial charge in [-0.15, -0.1) is 0 Å². The van der Waals surface area contributed by atoms with E-state index < -0.39 is 0 Å². The fourth-order valence-electron chi connectivity index (χ4n) is 0. The third kappa shape index (κ3) is 8.84. The Morgan fingerprint density at radius 1 is 1.25 bits per heavy atom. The molecule has 0 aromatic heterocycles. The van der Waals surface area contributed by atoms with E-state index in [1.54, 1.807) is 8.46 Å². The van der Waals surface area contributed by atoms with E-state index in [4.69, 9.17) is 0 Å². The molecule has 0 unspecified atom stereocenters. The maximum absolute atomic E-state index is 2.18. The molecule has 4 heteroatoms. The summed E-state index contributed by atoms with van der Waals surface area (Å²) in [5.74, 6) is 0. The van der Waals surface area contributed by atoms with Crippen LogP contribution in [0.15, 0.2) is 0 Å². The van der Waals surface area contributed by atoms with Gasteiger partial charge in [0.2, 0.25) is 0 Å². The molecule has 0 fully saturated rings. The summed E-state index contributed by atoms with van der Waals surface area (Å²) in [6.07, 6.45) is 0. The first-order valence-corrected chi connectivity index (χ1v) is 6.30. The summed E-state index contributed by atoms with van der Waals surface area (Å²) >= 11 is 4.36. The van der Waals surface area contributed by atoms with Crippen LogP contribution in [0.1, 0.15) is 0 Å². The van der Waals surface area contributed by atoms with Crippen molar-refractivity contribution in [1.82, 2.24) is 0 Å². The first-order valence-electron chi connectivity index (χ1n) is 0.228. The van der Waals surface area contributed by atoms with Crippen LogP contribution in [0.3, 0.4) is 0 Å². The molecule has 0 aliphatic heterocycles. The molecule has 0 amide bonds. The van der Waals surface area contributed by atoms with Gasteiger partial charge in [0.05, 0.1) is 0 Å². The van der Waals surface area contributed by atoms with Gasteiger partial charge in [0.1, 0.15) is 0 Å². The van der Waals surface area contributed by atoms with Crippen LogP contribution in [0, 0.1) is 0 Å².